The Kier molecular flexibility index (Phi) is 4.25. The summed E-state index contributed by atoms with van der Waals surface area (Å²) in [6, 6.07) is 0.193. The third-order valence-corrected chi connectivity index (χ3v) is 5.70. The zero-order chi connectivity index (χ0) is 17.6. The second-order valence-corrected chi connectivity index (χ2v) is 7.87. The zero-order valence-corrected chi connectivity index (χ0v) is 15.1. The van der Waals surface area contributed by atoms with Gasteiger partial charge < -0.3 is 9.80 Å². The van der Waals surface area contributed by atoms with Crippen LogP contribution in [0.15, 0.2) is 0 Å². The van der Waals surface area contributed by atoms with Gasteiger partial charge in [-0.05, 0) is 45.4 Å². The molecule has 3 fully saturated rings. The second-order valence-electron chi connectivity index (χ2n) is 7.87. The van der Waals surface area contributed by atoms with Crippen molar-refractivity contribution in [1.82, 2.24) is 24.6 Å². The minimum absolute atomic E-state index is 0.144. The molecular formula is C18H27N5O2. The predicted octanol–water partition coefficient (Wildman–Crippen LogP) is 1.32. The van der Waals surface area contributed by atoms with Crippen LogP contribution in [0.5, 0.6) is 0 Å². The molecule has 2 amide bonds. The van der Waals surface area contributed by atoms with E-state index in [0.717, 1.165) is 37.6 Å². The topological polar surface area (TPSA) is 71.3 Å². The highest BCUT2D eigenvalue weighted by molar-refractivity contribution is 5.89. The van der Waals surface area contributed by atoms with E-state index < -0.39 is 0 Å². The molecule has 0 spiro atoms. The highest BCUT2D eigenvalue weighted by Gasteiger charge is 2.39. The Morgan fingerprint density at radius 3 is 2.68 bits per heavy atom. The molecule has 0 bridgehead atoms. The van der Waals surface area contributed by atoms with Gasteiger partial charge in [-0.2, -0.15) is 5.10 Å². The van der Waals surface area contributed by atoms with Crippen molar-refractivity contribution in [3.8, 4) is 0 Å². The lowest BCUT2D eigenvalue weighted by Gasteiger charge is -2.34. The summed E-state index contributed by atoms with van der Waals surface area (Å²) in [5, 5.41) is 4.49. The number of rotatable bonds is 4. The largest absolute Gasteiger partial charge is 0.342 e. The average molecular weight is 345 g/mol. The quantitative estimate of drug-likeness (QED) is 0.825. The van der Waals surface area contributed by atoms with Crippen LogP contribution in [0.3, 0.4) is 0 Å². The standard InChI is InChI=1S/C18H27N5O2/c1-12-19-13(2)23(20-12)16-4-3-7-21(11-16)18(25)15-8-17(24)22(10-15)9-14-5-6-14/h14-16H,3-11H2,1-2H3/t15-,16+/m0/s1. The third kappa shape index (κ3) is 3.41. The van der Waals surface area contributed by atoms with Crippen LogP contribution >= 0.6 is 0 Å². The molecule has 1 aromatic heterocycles. The van der Waals surface area contributed by atoms with Gasteiger partial charge in [0.25, 0.3) is 0 Å². The Labute approximate surface area is 148 Å². The van der Waals surface area contributed by atoms with Crippen LogP contribution in [0, 0.1) is 25.7 Å². The maximum atomic E-state index is 13.0. The first-order valence-electron chi connectivity index (χ1n) is 9.47. The molecular weight excluding hydrogens is 318 g/mol. The number of carbonyl (C=O) groups is 2. The summed E-state index contributed by atoms with van der Waals surface area (Å²) in [6.07, 6.45) is 4.83. The van der Waals surface area contributed by atoms with E-state index in [4.69, 9.17) is 0 Å². The molecule has 2 atom stereocenters. The molecule has 7 nitrogen and oxygen atoms in total. The highest BCUT2D eigenvalue weighted by Crippen LogP contribution is 2.33. The Morgan fingerprint density at radius 1 is 1.20 bits per heavy atom. The van der Waals surface area contributed by atoms with Gasteiger partial charge in [0.05, 0.1) is 12.0 Å². The summed E-state index contributed by atoms with van der Waals surface area (Å²) < 4.78 is 1.97. The Bertz CT molecular complexity index is 681. The summed E-state index contributed by atoms with van der Waals surface area (Å²) in [5.74, 6) is 2.49. The number of piperidine rings is 1. The summed E-state index contributed by atoms with van der Waals surface area (Å²) in [7, 11) is 0. The van der Waals surface area contributed by atoms with Gasteiger partial charge in [-0.25, -0.2) is 9.67 Å². The molecule has 2 aliphatic heterocycles. The van der Waals surface area contributed by atoms with Crippen molar-refractivity contribution in [1.29, 1.82) is 0 Å². The molecule has 0 radical (unpaired) electrons. The molecule has 1 saturated carbocycles. The lowest BCUT2D eigenvalue weighted by atomic mass is 10.0. The smallest absolute Gasteiger partial charge is 0.228 e. The summed E-state index contributed by atoms with van der Waals surface area (Å²) in [5.41, 5.74) is 0. The molecule has 0 unspecified atom stereocenters. The van der Waals surface area contributed by atoms with E-state index in [9.17, 15) is 9.59 Å². The number of carbonyl (C=O) groups excluding carboxylic acids is 2. The van der Waals surface area contributed by atoms with E-state index in [1.807, 2.05) is 28.3 Å². The number of nitrogens with zero attached hydrogens (tertiary/aromatic N) is 5. The number of hydrogen-bond donors (Lipinski definition) is 0. The fourth-order valence-electron chi connectivity index (χ4n) is 4.22. The molecule has 0 aromatic carbocycles. The van der Waals surface area contributed by atoms with E-state index in [-0.39, 0.29) is 23.8 Å². The first-order chi connectivity index (χ1) is 12.0. The van der Waals surface area contributed by atoms with Crippen LogP contribution in [0.2, 0.25) is 0 Å². The molecule has 3 aliphatic rings. The monoisotopic (exact) mass is 345 g/mol. The maximum Gasteiger partial charge on any atom is 0.228 e. The molecule has 3 heterocycles. The molecule has 0 N–H and O–H groups in total. The van der Waals surface area contributed by atoms with E-state index in [2.05, 4.69) is 10.1 Å². The van der Waals surface area contributed by atoms with Crippen molar-refractivity contribution in [2.75, 3.05) is 26.2 Å². The molecule has 136 valence electrons. The minimum atomic E-state index is -0.163. The van der Waals surface area contributed by atoms with Crippen LogP contribution in [-0.2, 0) is 9.59 Å². The summed E-state index contributed by atoms with van der Waals surface area (Å²) >= 11 is 0. The number of amides is 2. The molecule has 7 heteroatoms. The molecule has 4 rings (SSSR count). The van der Waals surface area contributed by atoms with Gasteiger partial charge in [-0.1, -0.05) is 0 Å². The lowest BCUT2D eigenvalue weighted by Crippen LogP contribution is -2.44. The first kappa shape index (κ1) is 16.5. The van der Waals surface area contributed by atoms with Crippen molar-refractivity contribution in [2.45, 2.75) is 52.0 Å². The van der Waals surface area contributed by atoms with Gasteiger partial charge in [0.2, 0.25) is 11.8 Å². The van der Waals surface area contributed by atoms with Gasteiger partial charge in [0.1, 0.15) is 11.6 Å². The fraction of sp³-hybridized carbons (Fsp3) is 0.778. The van der Waals surface area contributed by atoms with Gasteiger partial charge >= 0.3 is 0 Å². The zero-order valence-electron chi connectivity index (χ0n) is 15.1. The van der Waals surface area contributed by atoms with Crippen molar-refractivity contribution >= 4 is 11.8 Å². The maximum absolute atomic E-state index is 13.0. The predicted molar refractivity (Wildman–Crippen MR) is 91.8 cm³/mol. The van der Waals surface area contributed by atoms with E-state index >= 15 is 0 Å². The van der Waals surface area contributed by atoms with E-state index in [0.29, 0.717) is 25.4 Å². The Balaban J connectivity index is 1.40. The van der Waals surface area contributed by atoms with Crippen LogP contribution in [0.25, 0.3) is 0 Å². The van der Waals surface area contributed by atoms with Crippen molar-refractivity contribution in [3.63, 3.8) is 0 Å². The number of aryl methyl sites for hydroxylation is 2. The number of likely N-dealkylation sites (tertiary alicyclic amines) is 2. The summed E-state index contributed by atoms with van der Waals surface area (Å²) in [6.45, 7) is 6.78. The van der Waals surface area contributed by atoms with Crippen molar-refractivity contribution < 1.29 is 9.59 Å². The molecule has 1 aliphatic carbocycles. The number of hydrogen-bond acceptors (Lipinski definition) is 4. The van der Waals surface area contributed by atoms with Crippen molar-refractivity contribution in [3.05, 3.63) is 11.6 Å². The van der Waals surface area contributed by atoms with Gasteiger partial charge in [-0.15, -0.1) is 0 Å². The minimum Gasteiger partial charge on any atom is -0.342 e. The van der Waals surface area contributed by atoms with Crippen LogP contribution in [-0.4, -0.2) is 62.6 Å². The van der Waals surface area contributed by atoms with E-state index in [1.54, 1.807) is 0 Å². The molecule has 2 saturated heterocycles. The summed E-state index contributed by atoms with van der Waals surface area (Å²) in [4.78, 5) is 33.4. The average Bonchev–Trinajstić information content (AvgIpc) is 3.24. The van der Waals surface area contributed by atoms with Gasteiger partial charge in [-0.3, -0.25) is 9.59 Å². The van der Waals surface area contributed by atoms with Gasteiger partial charge in [0.15, 0.2) is 0 Å². The SMILES string of the molecule is Cc1nc(C)n([C@@H]2CCCN(C(=O)[C@H]3CC(=O)N(CC4CC4)C3)C2)n1. The fourth-order valence-corrected chi connectivity index (χ4v) is 4.22. The normalized spacial score (nSPS) is 27.2. The lowest BCUT2D eigenvalue weighted by molar-refractivity contribution is -0.137. The van der Waals surface area contributed by atoms with Crippen LogP contribution < -0.4 is 0 Å². The van der Waals surface area contributed by atoms with Crippen molar-refractivity contribution in [2.24, 2.45) is 11.8 Å². The third-order valence-electron chi connectivity index (χ3n) is 5.70. The Morgan fingerprint density at radius 2 is 2.00 bits per heavy atom. The first-order valence-corrected chi connectivity index (χ1v) is 9.47. The molecule has 25 heavy (non-hydrogen) atoms. The van der Waals surface area contributed by atoms with E-state index in [1.165, 1.54) is 12.8 Å². The van der Waals surface area contributed by atoms with Gasteiger partial charge in [0, 0.05) is 32.6 Å². The highest BCUT2D eigenvalue weighted by atomic mass is 16.2. The molecule has 1 aromatic rings. The van der Waals surface area contributed by atoms with Crippen LogP contribution in [0.1, 0.15) is 49.8 Å². The Hall–Kier alpha value is -1.92. The number of aromatic nitrogens is 3. The van der Waals surface area contributed by atoms with Crippen LogP contribution in [0.4, 0.5) is 0 Å². The second kappa shape index (κ2) is 6.42.